The number of aromatic nitrogens is 3. The molecule has 0 aliphatic carbocycles. The summed E-state index contributed by atoms with van der Waals surface area (Å²) in [5, 5.41) is 14.4. The second-order valence-electron chi connectivity index (χ2n) is 4.88. The minimum atomic E-state index is -0.412. The van der Waals surface area contributed by atoms with Crippen molar-refractivity contribution >= 4 is 23.1 Å². The maximum atomic E-state index is 11.1. The van der Waals surface area contributed by atoms with E-state index in [4.69, 9.17) is 11.6 Å². The van der Waals surface area contributed by atoms with E-state index in [1.165, 1.54) is 6.07 Å². The van der Waals surface area contributed by atoms with Crippen molar-refractivity contribution in [3.8, 4) is 11.4 Å². The molecular weight excluding hydrogens is 330 g/mol. The molecule has 7 nitrogen and oxygen atoms in total. The zero-order chi connectivity index (χ0) is 16.9. The molecule has 1 aromatic carbocycles. The largest absolute Gasteiger partial charge is 0.366 e. The summed E-state index contributed by atoms with van der Waals surface area (Å²) in [6, 6.07) is 11.7. The van der Waals surface area contributed by atoms with Gasteiger partial charge in [0.15, 0.2) is 5.82 Å². The van der Waals surface area contributed by atoms with E-state index in [0.29, 0.717) is 17.2 Å². The lowest BCUT2D eigenvalue weighted by molar-refractivity contribution is -0.385. The average molecular weight is 342 g/mol. The number of nitro benzene ring substituents is 1. The van der Waals surface area contributed by atoms with Crippen LogP contribution in [0.2, 0.25) is 5.15 Å². The van der Waals surface area contributed by atoms with Crippen molar-refractivity contribution in [2.75, 3.05) is 5.32 Å². The van der Waals surface area contributed by atoms with Gasteiger partial charge in [-0.2, -0.15) is 0 Å². The van der Waals surface area contributed by atoms with Crippen molar-refractivity contribution in [3.05, 3.63) is 75.7 Å². The quantitative estimate of drug-likeness (QED) is 0.432. The highest BCUT2D eigenvalue weighted by atomic mass is 35.5. The predicted molar refractivity (Wildman–Crippen MR) is 90.7 cm³/mol. The Morgan fingerprint density at radius 2 is 2.00 bits per heavy atom. The van der Waals surface area contributed by atoms with Crippen molar-refractivity contribution in [1.29, 1.82) is 0 Å². The lowest BCUT2D eigenvalue weighted by Crippen LogP contribution is -2.05. The third-order valence-corrected chi connectivity index (χ3v) is 3.46. The summed E-state index contributed by atoms with van der Waals surface area (Å²) >= 11 is 6.04. The van der Waals surface area contributed by atoms with E-state index in [1.54, 1.807) is 42.7 Å². The molecule has 3 aromatic rings. The first-order chi connectivity index (χ1) is 11.6. The van der Waals surface area contributed by atoms with Gasteiger partial charge in [0.2, 0.25) is 0 Å². The number of para-hydroxylation sites is 1. The van der Waals surface area contributed by atoms with Gasteiger partial charge in [-0.25, -0.2) is 9.97 Å². The van der Waals surface area contributed by atoms with Crippen LogP contribution >= 0.6 is 11.6 Å². The SMILES string of the molecule is O=[N+]([O-])c1ccccc1CNc1cc(Cl)nc(-c2cccnc2)n1. The van der Waals surface area contributed by atoms with E-state index < -0.39 is 4.92 Å². The van der Waals surface area contributed by atoms with E-state index in [2.05, 4.69) is 20.3 Å². The summed E-state index contributed by atoms with van der Waals surface area (Å²) in [6.07, 6.45) is 3.29. The third-order valence-electron chi connectivity index (χ3n) is 3.26. The molecule has 0 saturated carbocycles. The highest BCUT2D eigenvalue weighted by Gasteiger charge is 2.12. The number of anilines is 1. The Hall–Kier alpha value is -3.06. The van der Waals surface area contributed by atoms with Crippen LogP contribution in [0.3, 0.4) is 0 Å². The number of nitro groups is 1. The van der Waals surface area contributed by atoms with E-state index in [0.717, 1.165) is 5.56 Å². The van der Waals surface area contributed by atoms with Crippen LogP contribution in [0.15, 0.2) is 54.9 Å². The molecule has 120 valence electrons. The van der Waals surface area contributed by atoms with E-state index in [-0.39, 0.29) is 17.4 Å². The number of pyridine rings is 1. The maximum Gasteiger partial charge on any atom is 0.274 e. The number of hydrogen-bond donors (Lipinski definition) is 1. The van der Waals surface area contributed by atoms with E-state index in [1.807, 2.05) is 6.07 Å². The van der Waals surface area contributed by atoms with Gasteiger partial charge in [0.05, 0.1) is 4.92 Å². The lowest BCUT2D eigenvalue weighted by atomic mass is 10.2. The fourth-order valence-corrected chi connectivity index (χ4v) is 2.34. The van der Waals surface area contributed by atoms with Gasteiger partial charge in [0, 0.05) is 42.2 Å². The van der Waals surface area contributed by atoms with Crippen LogP contribution in [0, 0.1) is 10.1 Å². The number of nitrogens with one attached hydrogen (secondary N) is 1. The van der Waals surface area contributed by atoms with Crippen LogP contribution in [0.25, 0.3) is 11.4 Å². The zero-order valence-electron chi connectivity index (χ0n) is 12.4. The van der Waals surface area contributed by atoms with Crippen molar-refractivity contribution in [2.45, 2.75) is 6.54 Å². The minimum Gasteiger partial charge on any atom is -0.366 e. The van der Waals surface area contributed by atoms with Crippen molar-refractivity contribution in [2.24, 2.45) is 0 Å². The molecule has 1 N–H and O–H groups in total. The summed E-state index contributed by atoms with van der Waals surface area (Å²) < 4.78 is 0. The summed E-state index contributed by atoms with van der Waals surface area (Å²) in [4.78, 5) is 23.2. The fraction of sp³-hybridized carbons (Fsp3) is 0.0625. The molecule has 3 rings (SSSR count). The highest BCUT2D eigenvalue weighted by Crippen LogP contribution is 2.22. The number of hydrogen-bond acceptors (Lipinski definition) is 6. The summed E-state index contributed by atoms with van der Waals surface area (Å²) in [5.41, 5.74) is 1.34. The summed E-state index contributed by atoms with van der Waals surface area (Å²) in [7, 11) is 0. The Morgan fingerprint density at radius 3 is 2.75 bits per heavy atom. The lowest BCUT2D eigenvalue weighted by Gasteiger charge is -2.08. The van der Waals surface area contributed by atoms with Crippen LogP contribution in [-0.2, 0) is 6.54 Å². The molecule has 0 unspecified atom stereocenters. The molecule has 0 bridgehead atoms. The summed E-state index contributed by atoms with van der Waals surface area (Å²) in [5.74, 6) is 0.910. The van der Waals surface area contributed by atoms with Gasteiger partial charge in [-0.3, -0.25) is 15.1 Å². The summed E-state index contributed by atoms with van der Waals surface area (Å²) in [6.45, 7) is 0.247. The molecule has 0 atom stereocenters. The average Bonchev–Trinajstić information content (AvgIpc) is 2.60. The number of nitrogens with zero attached hydrogens (tertiary/aromatic N) is 4. The topological polar surface area (TPSA) is 93.8 Å². The van der Waals surface area contributed by atoms with Gasteiger partial charge in [-0.05, 0) is 12.1 Å². The van der Waals surface area contributed by atoms with Crippen LogP contribution in [0.5, 0.6) is 0 Å². The van der Waals surface area contributed by atoms with Gasteiger partial charge in [0.1, 0.15) is 11.0 Å². The van der Waals surface area contributed by atoms with Crippen LogP contribution < -0.4 is 5.32 Å². The molecule has 8 heteroatoms. The monoisotopic (exact) mass is 341 g/mol. The molecule has 0 amide bonds. The first kappa shape index (κ1) is 15.8. The fourth-order valence-electron chi connectivity index (χ4n) is 2.16. The van der Waals surface area contributed by atoms with Gasteiger partial charge in [0.25, 0.3) is 5.69 Å². The third kappa shape index (κ3) is 3.64. The molecule has 0 aliphatic rings. The van der Waals surface area contributed by atoms with Crippen LogP contribution in [-0.4, -0.2) is 19.9 Å². The maximum absolute atomic E-state index is 11.1. The molecule has 2 heterocycles. The van der Waals surface area contributed by atoms with Gasteiger partial charge < -0.3 is 5.32 Å². The molecule has 0 radical (unpaired) electrons. The Labute approximate surface area is 142 Å². The van der Waals surface area contributed by atoms with E-state index >= 15 is 0 Å². The Balaban J connectivity index is 1.84. The molecule has 0 fully saturated rings. The first-order valence-corrected chi connectivity index (χ1v) is 7.42. The Bertz CT molecular complexity index is 873. The smallest absolute Gasteiger partial charge is 0.274 e. The molecule has 0 aliphatic heterocycles. The van der Waals surface area contributed by atoms with Crippen LogP contribution in [0.4, 0.5) is 11.5 Å². The molecular formula is C16H12ClN5O2. The van der Waals surface area contributed by atoms with Crippen LogP contribution in [0.1, 0.15) is 5.56 Å². The molecule has 24 heavy (non-hydrogen) atoms. The van der Waals surface area contributed by atoms with Gasteiger partial charge in [-0.1, -0.05) is 29.8 Å². The predicted octanol–water partition coefficient (Wildman–Crippen LogP) is 3.71. The van der Waals surface area contributed by atoms with Gasteiger partial charge >= 0.3 is 0 Å². The van der Waals surface area contributed by atoms with Crippen molar-refractivity contribution in [1.82, 2.24) is 15.0 Å². The Kier molecular flexibility index (Phi) is 4.62. The van der Waals surface area contributed by atoms with Gasteiger partial charge in [-0.15, -0.1) is 0 Å². The first-order valence-electron chi connectivity index (χ1n) is 7.04. The second-order valence-corrected chi connectivity index (χ2v) is 5.27. The molecule has 2 aromatic heterocycles. The number of rotatable bonds is 5. The minimum absolute atomic E-state index is 0.0534. The van der Waals surface area contributed by atoms with Crippen molar-refractivity contribution in [3.63, 3.8) is 0 Å². The number of benzene rings is 1. The molecule has 0 spiro atoms. The second kappa shape index (κ2) is 7.01. The van der Waals surface area contributed by atoms with E-state index in [9.17, 15) is 10.1 Å². The standard InChI is InChI=1S/C16H12ClN5O2/c17-14-8-15(21-16(20-14)12-5-3-7-18-9-12)19-10-11-4-1-2-6-13(11)22(23)24/h1-9H,10H2,(H,19,20,21). The zero-order valence-corrected chi connectivity index (χ0v) is 13.1. The normalized spacial score (nSPS) is 10.4. The van der Waals surface area contributed by atoms with Crippen molar-refractivity contribution < 1.29 is 4.92 Å². The highest BCUT2D eigenvalue weighted by molar-refractivity contribution is 6.29. The Morgan fingerprint density at radius 1 is 1.17 bits per heavy atom. The number of halogens is 1. The molecule has 0 saturated heterocycles.